The summed E-state index contributed by atoms with van der Waals surface area (Å²) >= 11 is 0. The molecule has 2 aliphatic rings. The SMILES string of the molecule is O=C(OC(=O)C(F)(F)F)c1ccccc1NCCc1cc(F)cc2c(=O)cc(N3CCC4(CC3)CC4)oc12. The quantitative estimate of drug-likeness (QED) is 0.265. The van der Waals surface area contributed by atoms with E-state index in [-0.39, 0.29) is 40.6 Å². The van der Waals surface area contributed by atoms with Crippen LogP contribution in [0.3, 0.4) is 0 Å². The smallest absolute Gasteiger partial charge is 0.440 e. The second-order valence-corrected chi connectivity index (χ2v) is 9.77. The molecular weight excluding hydrogens is 508 g/mol. The van der Waals surface area contributed by atoms with E-state index in [9.17, 15) is 31.9 Å². The van der Waals surface area contributed by atoms with Crippen molar-refractivity contribution in [2.24, 2.45) is 5.41 Å². The van der Waals surface area contributed by atoms with Crippen LogP contribution in [0.2, 0.25) is 0 Å². The van der Waals surface area contributed by atoms with Crippen molar-refractivity contribution in [2.75, 3.05) is 29.9 Å². The van der Waals surface area contributed by atoms with Gasteiger partial charge in [0, 0.05) is 37.0 Å². The van der Waals surface area contributed by atoms with Crippen LogP contribution in [-0.4, -0.2) is 37.7 Å². The lowest BCUT2D eigenvalue weighted by Crippen LogP contribution is -2.34. The fourth-order valence-corrected chi connectivity index (χ4v) is 4.84. The summed E-state index contributed by atoms with van der Waals surface area (Å²) in [6.07, 6.45) is -0.616. The van der Waals surface area contributed by atoms with Crippen LogP contribution in [0.15, 0.2) is 51.7 Å². The minimum absolute atomic E-state index is 0.106. The van der Waals surface area contributed by atoms with Crippen LogP contribution in [0.1, 0.15) is 41.6 Å². The van der Waals surface area contributed by atoms with Crippen molar-refractivity contribution in [1.29, 1.82) is 0 Å². The first kappa shape index (κ1) is 25.7. The number of nitrogens with zero attached hydrogens (tertiary/aromatic N) is 1. The third-order valence-electron chi connectivity index (χ3n) is 7.22. The van der Waals surface area contributed by atoms with Crippen LogP contribution >= 0.6 is 0 Å². The highest BCUT2D eigenvalue weighted by Gasteiger charge is 2.45. The predicted octanol–water partition coefficient (Wildman–Crippen LogP) is 5.21. The van der Waals surface area contributed by atoms with E-state index >= 15 is 0 Å². The van der Waals surface area contributed by atoms with Crippen molar-refractivity contribution in [1.82, 2.24) is 0 Å². The number of hydrogen-bond acceptors (Lipinski definition) is 7. The monoisotopic (exact) mass is 532 g/mol. The molecule has 1 aliphatic heterocycles. The minimum Gasteiger partial charge on any atom is -0.440 e. The Morgan fingerprint density at radius 3 is 2.45 bits per heavy atom. The Labute approximate surface area is 214 Å². The number of carbonyl (C=O) groups excluding carboxylic acids is 2. The molecule has 1 aliphatic carbocycles. The van der Waals surface area contributed by atoms with E-state index in [1.807, 2.05) is 4.90 Å². The number of esters is 2. The van der Waals surface area contributed by atoms with Crippen LogP contribution in [-0.2, 0) is 16.0 Å². The van der Waals surface area contributed by atoms with Gasteiger partial charge in [-0.15, -0.1) is 0 Å². The summed E-state index contributed by atoms with van der Waals surface area (Å²) in [7, 11) is 0. The molecule has 1 saturated carbocycles. The number of anilines is 2. The second-order valence-electron chi connectivity index (χ2n) is 9.77. The first-order valence-corrected chi connectivity index (χ1v) is 12.2. The maximum Gasteiger partial charge on any atom is 0.491 e. The van der Waals surface area contributed by atoms with E-state index in [2.05, 4.69) is 10.1 Å². The molecule has 3 aromatic rings. The number of nitrogens with one attached hydrogen (secondary N) is 1. The van der Waals surface area contributed by atoms with Crippen molar-refractivity contribution >= 4 is 34.5 Å². The predicted molar refractivity (Wildman–Crippen MR) is 131 cm³/mol. The molecule has 11 heteroatoms. The van der Waals surface area contributed by atoms with E-state index in [0.29, 0.717) is 16.9 Å². The average molecular weight is 532 g/mol. The molecule has 2 heterocycles. The van der Waals surface area contributed by atoms with Crippen molar-refractivity contribution in [3.63, 3.8) is 0 Å². The first-order valence-electron chi connectivity index (χ1n) is 12.2. The Bertz CT molecular complexity index is 1450. The third kappa shape index (κ3) is 5.36. The molecule has 0 bridgehead atoms. The zero-order valence-corrected chi connectivity index (χ0v) is 20.2. The van der Waals surface area contributed by atoms with Gasteiger partial charge < -0.3 is 19.4 Å². The van der Waals surface area contributed by atoms with Gasteiger partial charge in [-0.05, 0) is 61.8 Å². The Kier molecular flexibility index (Phi) is 6.62. The van der Waals surface area contributed by atoms with Gasteiger partial charge in [-0.3, -0.25) is 4.79 Å². The lowest BCUT2D eigenvalue weighted by Gasteiger charge is -2.32. The highest BCUT2D eigenvalue weighted by atomic mass is 19.4. The Morgan fingerprint density at radius 1 is 1.05 bits per heavy atom. The van der Waals surface area contributed by atoms with E-state index in [1.54, 1.807) is 0 Å². The molecule has 1 spiro atoms. The number of carbonyl (C=O) groups is 2. The number of hydrogen-bond donors (Lipinski definition) is 1. The van der Waals surface area contributed by atoms with E-state index in [0.717, 1.165) is 32.0 Å². The molecule has 7 nitrogen and oxygen atoms in total. The van der Waals surface area contributed by atoms with Gasteiger partial charge in [0.15, 0.2) is 11.3 Å². The number of para-hydroxylation sites is 1. The largest absolute Gasteiger partial charge is 0.491 e. The third-order valence-corrected chi connectivity index (χ3v) is 7.22. The standard InChI is InChI=1S/C27H24F4N2O5/c28-17-13-16(5-10-32-20-4-2-1-3-18(20)24(35)38-25(36)27(29,30)31)23-19(14-17)21(34)15-22(37-23)33-11-8-26(6-7-26)9-12-33/h1-4,13-15,32H,5-12H2. The van der Waals surface area contributed by atoms with Gasteiger partial charge in [0.2, 0.25) is 0 Å². The van der Waals surface area contributed by atoms with Crippen LogP contribution in [0.25, 0.3) is 11.0 Å². The molecule has 0 radical (unpaired) electrons. The molecule has 0 atom stereocenters. The minimum atomic E-state index is -5.31. The maximum absolute atomic E-state index is 14.4. The first-order chi connectivity index (χ1) is 18.0. The van der Waals surface area contributed by atoms with E-state index < -0.39 is 23.9 Å². The average Bonchev–Trinajstić information content (AvgIpc) is 3.63. The highest BCUT2D eigenvalue weighted by molar-refractivity contribution is 6.02. The van der Waals surface area contributed by atoms with Gasteiger partial charge in [0.05, 0.1) is 10.9 Å². The molecular formula is C27H24F4N2O5. The number of piperidine rings is 1. The zero-order chi connectivity index (χ0) is 27.1. The number of benzene rings is 2. The molecule has 0 unspecified atom stereocenters. The van der Waals surface area contributed by atoms with Crippen molar-refractivity contribution < 1.29 is 36.3 Å². The maximum atomic E-state index is 14.4. The fourth-order valence-electron chi connectivity index (χ4n) is 4.84. The number of rotatable bonds is 6. The summed E-state index contributed by atoms with van der Waals surface area (Å²) in [4.78, 5) is 38.1. The summed E-state index contributed by atoms with van der Waals surface area (Å²) in [5, 5.41) is 3.01. The lowest BCUT2D eigenvalue weighted by atomic mass is 9.94. The Morgan fingerprint density at radius 2 is 1.76 bits per heavy atom. The Hall–Kier alpha value is -3.89. The summed E-state index contributed by atoms with van der Waals surface area (Å²) in [5.41, 5.74) is 0.597. The van der Waals surface area contributed by atoms with E-state index in [4.69, 9.17) is 4.42 Å². The molecule has 0 amide bonds. The van der Waals surface area contributed by atoms with Crippen LogP contribution in [0, 0.1) is 11.2 Å². The lowest BCUT2D eigenvalue weighted by molar-refractivity contribution is -0.193. The van der Waals surface area contributed by atoms with Gasteiger partial charge in [-0.1, -0.05) is 12.1 Å². The number of alkyl halides is 3. The molecule has 2 aromatic carbocycles. The molecule has 2 fully saturated rings. The van der Waals surface area contributed by atoms with Crippen molar-refractivity contribution in [2.45, 2.75) is 38.3 Å². The summed E-state index contributed by atoms with van der Waals surface area (Å²) in [5.74, 6) is -4.26. The van der Waals surface area contributed by atoms with Gasteiger partial charge in [0.1, 0.15) is 11.4 Å². The summed E-state index contributed by atoms with van der Waals surface area (Å²) in [6, 6.07) is 9.36. The topological polar surface area (TPSA) is 88.8 Å². The van der Waals surface area contributed by atoms with Crippen LogP contribution in [0.4, 0.5) is 29.1 Å². The van der Waals surface area contributed by atoms with Crippen molar-refractivity contribution in [3.8, 4) is 0 Å². The molecule has 1 aromatic heterocycles. The fraction of sp³-hybridized carbons (Fsp3) is 0.370. The van der Waals surface area contributed by atoms with Gasteiger partial charge in [0.25, 0.3) is 0 Å². The van der Waals surface area contributed by atoms with Gasteiger partial charge >= 0.3 is 18.1 Å². The summed E-state index contributed by atoms with van der Waals surface area (Å²) < 4.78 is 61.9. The second kappa shape index (κ2) is 9.77. The van der Waals surface area contributed by atoms with Gasteiger partial charge in [-0.25, -0.2) is 14.0 Å². The van der Waals surface area contributed by atoms with Gasteiger partial charge in [-0.2, -0.15) is 13.2 Å². The molecule has 1 N–H and O–H groups in total. The zero-order valence-electron chi connectivity index (χ0n) is 20.2. The number of halogens is 4. The van der Waals surface area contributed by atoms with E-state index in [1.165, 1.54) is 49.2 Å². The molecule has 5 rings (SSSR count). The normalized spacial score (nSPS) is 16.5. The number of ether oxygens (including phenoxy) is 1. The van der Waals surface area contributed by atoms with Crippen LogP contribution < -0.4 is 15.6 Å². The van der Waals surface area contributed by atoms with Crippen molar-refractivity contribution in [3.05, 3.63) is 69.6 Å². The highest BCUT2D eigenvalue weighted by Crippen LogP contribution is 2.53. The Balaban J connectivity index is 1.34. The summed E-state index contributed by atoms with van der Waals surface area (Å²) in [6.45, 7) is 1.66. The molecule has 1 saturated heterocycles. The van der Waals surface area contributed by atoms with Crippen LogP contribution in [0.5, 0.6) is 0 Å². The molecule has 38 heavy (non-hydrogen) atoms. The number of fused-ring (bicyclic) bond motifs is 1. The molecule has 200 valence electrons.